The number of anilines is 2. The van der Waals surface area contributed by atoms with Gasteiger partial charge in [-0.25, -0.2) is 0 Å². The van der Waals surface area contributed by atoms with Gasteiger partial charge in [0.1, 0.15) is 17.4 Å². The average Bonchev–Trinajstić information content (AvgIpc) is 2.78. The molecule has 172 valence electrons. The predicted octanol–water partition coefficient (Wildman–Crippen LogP) is 4.59. The lowest BCUT2D eigenvalue weighted by Gasteiger charge is -2.30. The maximum absolute atomic E-state index is 13.6. The Labute approximate surface area is 191 Å². The smallest absolute Gasteiger partial charge is 0.256 e. The van der Waals surface area contributed by atoms with E-state index in [2.05, 4.69) is 19.2 Å². The summed E-state index contributed by atoms with van der Waals surface area (Å²) in [5.74, 6) is 0.736. The van der Waals surface area contributed by atoms with Crippen LogP contribution < -0.4 is 15.0 Å². The van der Waals surface area contributed by atoms with E-state index >= 15 is 0 Å². The molecule has 1 heterocycles. The number of hydrogen-bond acceptors (Lipinski definition) is 4. The van der Waals surface area contributed by atoms with Crippen molar-refractivity contribution >= 4 is 23.2 Å². The molecule has 0 saturated heterocycles. The van der Waals surface area contributed by atoms with Crippen LogP contribution in [-0.2, 0) is 11.2 Å². The summed E-state index contributed by atoms with van der Waals surface area (Å²) in [5, 5.41) is 2.99. The van der Waals surface area contributed by atoms with Crippen molar-refractivity contribution in [2.45, 2.75) is 52.7 Å². The highest BCUT2D eigenvalue weighted by Gasteiger charge is 2.36. The first kappa shape index (κ1) is 23.6. The quantitative estimate of drug-likeness (QED) is 0.718. The number of amides is 2. The van der Waals surface area contributed by atoms with E-state index in [-0.39, 0.29) is 23.3 Å². The molecule has 0 aliphatic carbocycles. The minimum absolute atomic E-state index is 0.117. The Morgan fingerprint density at radius 2 is 1.72 bits per heavy atom. The number of ether oxygens (including phenoxy) is 1. The van der Waals surface area contributed by atoms with Crippen LogP contribution in [-0.4, -0.2) is 49.0 Å². The Balaban J connectivity index is 1.92. The SMILES string of the molecule is CC(C)CN1C(=O)c2cc(N(C)C)ccc2NC(=O)[C@@H]1Cc1ccc(OC(C)(C)C)cc1. The van der Waals surface area contributed by atoms with Crippen molar-refractivity contribution in [2.75, 3.05) is 30.9 Å². The van der Waals surface area contributed by atoms with E-state index in [1.807, 2.05) is 82.2 Å². The topological polar surface area (TPSA) is 61.9 Å². The number of hydrogen-bond donors (Lipinski definition) is 1. The Morgan fingerprint density at radius 3 is 2.28 bits per heavy atom. The Kier molecular flexibility index (Phi) is 6.82. The summed E-state index contributed by atoms with van der Waals surface area (Å²) in [6.45, 7) is 10.6. The molecule has 1 aliphatic rings. The highest BCUT2D eigenvalue weighted by molar-refractivity contribution is 6.10. The van der Waals surface area contributed by atoms with Gasteiger partial charge in [0, 0.05) is 32.7 Å². The van der Waals surface area contributed by atoms with Gasteiger partial charge >= 0.3 is 0 Å². The van der Waals surface area contributed by atoms with Crippen LogP contribution >= 0.6 is 0 Å². The van der Waals surface area contributed by atoms with Gasteiger partial charge in [-0.15, -0.1) is 0 Å². The summed E-state index contributed by atoms with van der Waals surface area (Å²) in [5.41, 5.74) is 2.72. The molecule has 0 saturated carbocycles. The Hall–Kier alpha value is -3.02. The van der Waals surface area contributed by atoms with Crippen LogP contribution in [0, 0.1) is 5.92 Å². The zero-order valence-electron chi connectivity index (χ0n) is 20.2. The van der Waals surface area contributed by atoms with Gasteiger partial charge in [-0.2, -0.15) is 0 Å². The number of nitrogens with one attached hydrogen (secondary N) is 1. The summed E-state index contributed by atoms with van der Waals surface area (Å²) < 4.78 is 5.90. The van der Waals surface area contributed by atoms with Crippen LogP contribution in [0.4, 0.5) is 11.4 Å². The van der Waals surface area contributed by atoms with Gasteiger partial charge in [0.25, 0.3) is 5.91 Å². The maximum atomic E-state index is 13.6. The lowest BCUT2D eigenvalue weighted by atomic mass is 10.0. The molecule has 1 aliphatic heterocycles. The van der Waals surface area contributed by atoms with Gasteiger partial charge in [0.05, 0.1) is 11.3 Å². The van der Waals surface area contributed by atoms with Crippen molar-refractivity contribution in [1.82, 2.24) is 4.90 Å². The standard InChI is InChI=1S/C26H35N3O3/c1-17(2)16-29-23(14-18-8-11-20(12-9-18)32-26(3,4)5)24(30)27-22-13-10-19(28(6)7)15-21(22)25(29)31/h8-13,15,17,23H,14,16H2,1-7H3,(H,27,30)/t23-/m0/s1. The second-order valence-corrected chi connectivity index (χ2v) is 10.0. The van der Waals surface area contributed by atoms with Gasteiger partial charge in [0.15, 0.2) is 0 Å². The molecule has 2 amide bonds. The highest BCUT2D eigenvalue weighted by atomic mass is 16.5. The van der Waals surface area contributed by atoms with Crippen LogP contribution in [0.5, 0.6) is 5.75 Å². The van der Waals surface area contributed by atoms with Gasteiger partial charge in [0.2, 0.25) is 5.91 Å². The van der Waals surface area contributed by atoms with E-state index in [0.717, 1.165) is 17.0 Å². The lowest BCUT2D eigenvalue weighted by molar-refractivity contribution is -0.120. The zero-order chi connectivity index (χ0) is 23.6. The summed E-state index contributed by atoms with van der Waals surface area (Å²) in [6, 6.07) is 12.8. The van der Waals surface area contributed by atoms with E-state index in [1.54, 1.807) is 4.90 Å². The molecule has 0 spiro atoms. The largest absolute Gasteiger partial charge is 0.488 e. The van der Waals surface area contributed by atoms with Gasteiger partial charge in [-0.05, 0) is 62.6 Å². The number of fused-ring (bicyclic) bond motifs is 1. The van der Waals surface area contributed by atoms with Gasteiger partial charge in [-0.1, -0.05) is 26.0 Å². The summed E-state index contributed by atoms with van der Waals surface area (Å²) in [6.07, 6.45) is 0.439. The van der Waals surface area contributed by atoms with E-state index in [9.17, 15) is 9.59 Å². The molecule has 0 unspecified atom stereocenters. The van der Waals surface area contributed by atoms with Crippen LogP contribution in [0.2, 0.25) is 0 Å². The minimum Gasteiger partial charge on any atom is -0.488 e. The summed E-state index contributed by atoms with van der Waals surface area (Å²) in [7, 11) is 3.87. The molecule has 0 fully saturated rings. The number of carbonyl (C=O) groups is 2. The first-order valence-electron chi connectivity index (χ1n) is 11.2. The van der Waals surface area contributed by atoms with Crippen molar-refractivity contribution in [3.63, 3.8) is 0 Å². The fraction of sp³-hybridized carbons (Fsp3) is 0.462. The average molecular weight is 438 g/mol. The molecule has 32 heavy (non-hydrogen) atoms. The van der Waals surface area contributed by atoms with E-state index < -0.39 is 6.04 Å². The van der Waals surface area contributed by atoms with Crippen molar-refractivity contribution in [2.24, 2.45) is 5.92 Å². The molecule has 2 aromatic carbocycles. The van der Waals surface area contributed by atoms with Crippen LogP contribution in [0.15, 0.2) is 42.5 Å². The molecule has 3 rings (SSSR count). The highest BCUT2D eigenvalue weighted by Crippen LogP contribution is 2.29. The number of benzene rings is 2. The molecule has 6 nitrogen and oxygen atoms in total. The summed E-state index contributed by atoms with van der Waals surface area (Å²) >= 11 is 0. The molecule has 0 bridgehead atoms. The van der Waals surface area contributed by atoms with Crippen LogP contribution in [0.3, 0.4) is 0 Å². The van der Waals surface area contributed by atoms with Crippen molar-refractivity contribution in [3.8, 4) is 5.75 Å². The number of carbonyl (C=O) groups excluding carboxylic acids is 2. The number of nitrogens with zero attached hydrogens (tertiary/aromatic N) is 2. The monoisotopic (exact) mass is 437 g/mol. The summed E-state index contributed by atoms with van der Waals surface area (Å²) in [4.78, 5) is 30.5. The fourth-order valence-corrected chi connectivity index (χ4v) is 3.83. The lowest BCUT2D eigenvalue weighted by Crippen LogP contribution is -2.48. The molecule has 0 radical (unpaired) electrons. The van der Waals surface area contributed by atoms with Crippen molar-refractivity contribution < 1.29 is 14.3 Å². The molecular weight excluding hydrogens is 402 g/mol. The third-order valence-corrected chi connectivity index (χ3v) is 5.29. The van der Waals surface area contributed by atoms with Gasteiger partial charge in [-0.3, -0.25) is 9.59 Å². The van der Waals surface area contributed by atoms with Gasteiger partial charge < -0.3 is 19.9 Å². The molecule has 6 heteroatoms. The van der Waals surface area contributed by atoms with E-state index in [1.165, 1.54) is 0 Å². The maximum Gasteiger partial charge on any atom is 0.256 e. The molecular formula is C26H35N3O3. The first-order chi connectivity index (χ1) is 14.9. The van der Waals surface area contributed by atoms with Crippen LogP contribution in [0.25, 0.3) is 0 Å². The van der Waals surface area contributed by atoms with Crippen molar-refractivity contribution in [1.29, 1.82) is 0 Å². The predicted molar refractivity (Wildman–Crippen MR) is 130 cm³/mol. The van der Waals surface area contributed by atoms with E-state index in [0.29, 0.717) is 24.2 Å². The molecule has 0 aromatic heterocycles. The minimum atomic E-state index is -0.588. The second-order valence-electron chi connectivity index (χ2n) is 10.0. The van der Waals surface area contributed by atoms with E-state index in [4.69, 9.17) is 4.74 Å². The number of rotatable bonds is 6. The fourth-order valence-electron chi connectivity index (χ4n) is 3.83. The van der Waals surface area contributed by atoms with Crippen LogP contribution in [0.1, 0.15) is 50.5 Å². The molecule has 1 atom stereocenters. The zero-order valence-corrected chi connectivity index (χ0v) is 20.2. The molecule has 1 N–H and O–H groups in total. The third-order valence-electron chi connectivity index (χ3n) is 5.29. The Morgan fingerprint density at radius 1 is 1.06 bits per heavy atom. The Bertz CT molecular complexity index is 975. The normalized spacial score (nSPS) is 16.5. The second kappa shape index (κ2) is 9.23. The van der Waals surface area contributed by atoms with Crippen molar-refractivity contribution in [3.05, 3.63) is 53.6 Å². The third kappa shape index (κ3) is 5.61. The molecule has 2 aromatic rings. The first-order valence-corrected chi connectivity index (χ1v) is 11.2.